The summed E-state index contributed by atoms with van der Waals surface area (Å²) in [6, 6.07) is 9.68. The Bertz CT molecular complexity index is 731. The first-order valence-electron chi connectivity index (χ1n) is 8.05. The molecule has 1 aliphatic heterocycles. The van der Waals surface area contributed by atoms with Gasteiger partial charge < -0.3 is 16.0 Å². The fraction of sp³-hybridized carbons (Fsp3) is 0.353. The minimum Gasteiger partial charge on any atom is -0.371 e. The first-order valence-corrected chi connectivity index (χ1v) is 8.42. The van der Waals surface area contributed by atoms with Crippen molar-refractivity contribution in [2.45, 2.75) is 25.8 Å². The van der Waals surface area contributed by atoms with Gasteiger partial charge in [-0.1, -0.05) is 29.8 Å². The highest BCUT2D eigenvalue weighted by molar-refractivity contribution is 6.29. The predicted molar refractivity (Wildman–Crippen MR) is 95.4 cm³/mol. The smallest absolute Gasteiger partial charge is 0.252 e. The van der Waals surface area contributed by atoms with Gasteiger partial charge in [-0.05, 0) is 37.0 Å². The quantitative estimate of drug-likeness (QED) is 0.870. The van der Waals surface area contributed by atoms with E-state index in [1.807, 2.05) is 12.1 Å². The van der Waals surface area contributed by atoms with Crippen molar-refractivity contribution in [2.75, 3.05) is 23.3 Å². The zero-order chi connectivity index (χ0) is 16.9. The molecule has 3 N–H and O–H groups in total. The summed E-state index contributed by atoms with van der Waals surface area (Å²) < 4.78 is 0. The number of anilines is 2. The molecular formula is C17H20ClN5O. The highest BCUT2D eigenvalue weighted by Gasteiger charge is 2.15. The molecule has 0 radical (unpaired) electrons. The predicted octanol–water partition coefficient (Wildman–Crippen LogP) is 2.83. The highest BCUT2D eigenvalue weighted by Crippen LogP contribution is 2.25. The van der Waals surface area contributed by atoms with E-state index in [0.717, 1.165) is 18.7 Å². The number of nitrogens with one attached hydrogen (secondary N) is 1. The summed E-state index contributed by atoms with van der Waals surface area (Å²) in [5, 5.41) is 11.0. The summed E-state index contributed by atoms with van der Waals surface area (Å²) in [4.78, 5) is 14.0. The molecule has 3 rings (SSSR count). The van der Waals surface area contributed by atoms with Crippen LogP contribution in [0.25, 0.3) is 0 Å². The molecule has 1 aromatic carbocycles. The van der Waals surface area contributed by atoms with Crippen molar-refractivity contribution in [1.29, 1.82) is 0 Å². The Morgan fingerprint density at radius 1 is 1.21 bits per heavy atom. The zero-order valence-corrected chi connectivity index (χ0v) is 14.1. The molecule has 2 aromatic rings. The second kappa shape index (κ2) is 7.49. The van der Waals surface area contributed by atoms with Gasteiger partial charge >= 0.3 is 0 Å². The van der Waals surface area contributed by atoms with Gasteiger partial charge in [-0.25, -0.2) is 0 Å². The number of para-hydroxylation sites is 1. The summed E-state index contributed by atoms with van der Waals surface area (Å²) in [6.07, 6.45) is 3.73. The normalized spacial score (nSPS) is 14.5. The van der Waals surface area contributed by atoms with Crippen LogP contribution in [-0.4, -0.2) is 29.2 Å². The molecule has 6 nitrogen and oxygen atoms in total. The molecule has 0 saturated carbocycles. The van der Waals surface area contributed by atoms with Gasteiger partial charge in [-0.2, -0.15) is 0 Å². The number of benzene rings is 1. The summed E-state index contributed by atoms with van der Waals surface area (Å²) in [7, 11) is 0. The third-order valence-corrected chi connectivity index (χ3v) is 4.35. The van der Waals surface area contributed by atoms with Crippen LogP contribution in [0.5, 0.6) is 0 Å². The Balaban J connectivity index is 1.79. The fourth-order valence-corrected chi connectivity index (χ4v) is 3.12. The summed E-state index contributed by atoms with van der Waals surface area (Å²) in [5.41, 5.74) is 7.99. The van der Waals surface area contributed by atoms with Gasteiger partial charge in [-0.15, -0.1) is 10.2 Å². The van der Waals surface area contributed by atoms with Crippen LogP contribution in [0.2, 0.25) is 5.15 Å². The topological polar surface area (TPSA) is 84.1 Å². The lowest BCUT2D eigenvalue weighted by Gasteiger charge is -2.30. The average molecular weight is 346 g/mol. The maximum Gasteiger partial charge on any atom is 0.252 e. The van der Waals surface area contributed by atoms with Crippen LogP contribution in [0.15, 0.2) is 30.3 Å². The number of rotatable bonds is 5. The van der Waals surface area contributed by atoms with Crippen molar-refractivity contribution in [1.82, 2.24) is 10.2 Å². The maximum absolute atomic E-state index is 11.5. The van der Waals surface area contributed by atoms with E-state index in [9.17, 15) is 4.79 Å². The van der Waals surface area contributed by atoms with Crippen molar-refractivity contribution in [3.8, 4) is 0 Å². The van der Waals surface area contributed by atoms with Crippen LogP contribution in [-0.2, 0) is 6.54 Å². The van der Waals surface area contributed by atoms with Gasteiger partial charge in [0, 0.05) is 25.3 Å². The number of piperidine rings is 1. The highest BCUT2D eigenvalue weighted by atomic mass is 35.5. The molecule has 0 bridgehead atoms. The lowest BCUT2D eigenvalue weighted by molar-refractivity contribution is 0.100. The Morgan fingerprint density at radius 2 is 1.96 bits per heavy atom. The molecule has 0 aliphatic carbocycles. The Morgan fingerprint density at radius 3 is 2.71 bits per heavy atom. The number of carbonyl (C=O) groups excluding carboxylic acids is 1. The van der Waals surface area contributed by atoms with Crippen molar-refractivity contribution in [2.24, 2.45) is 5.73 Å². The molecule has 126 valence electrons. The lowest BCUT2D eigenvalue weighted by Crippen LogP contribution is -2.30. The minimum absolute atomic E-state index is 0.142. The van der Waals surface area contributed by atoms with Crippen LogP contribution in [0.1, 0.15) is 35.2 Å². The first kappa shape index (κ1) is 16.5. The van der Waals surface area contributed by atoms with Crippen molar-refractivity contribution in [3.05, 3.63) is 46.6 Å². The number of nitrogens with zero attached hydrogens (tertiary/aromatic N) is 3. The van der Waals surface area contributed by atoms with E-state index >= 15 is 0 Å². The SMILES string of the molecule is NC(=O)c1cc(Cl)nnc1NCc1ccccc1N1CCCCC1. The number of halogens is 1. The first-order chi connectivity index (χ1) is 11.6. The molecule has 1 amide bonds. The molecule has 1 aromatic heterocycles. The number of hydrogen-bond acceptors (Lipinski definition) is 5. The van der Waals surface area contributed by atoms with Crippen LogP contribution < -0.4 is 16.0 Å². The standard InChI is InChI=1S/C17H20ClN5O/c18-15-10-13(16(19)24)17(22-21-15)20-11-12-6-2-3-7-14(12)23-8-4-1-5-9-23/h2-3,6-7,10H,1,4-5,8-9,11H2,(H2,19,24)(H,20,22). The molecule has 0 unspecified atom stereocenters. The summed E-state index contributed by atoms with van der Waals surface area (Å²) in [5.74, 6) is -0.237. The Labute approximate surface area is 146 Å². The molecule has 2 heterocycles. The molecule has 1 saturated heterocycles. The van der Waals surface area contributed by atoms with Crippen LogP contribution >= 0.6 is 11.6 Å². The summed E-state index contributed by atoms with van der Waals surface area (Å²) in [6.45, 7) is 2.68. The van der Waals surface area contributed by atoms with E-state index in [1.54, 1.807) is 0 Å². The number of primary amides is 1. The second-order valence-corrected chi connectivity index (χ2v) is 6.21. The monoisotopic (exact) mass is 345 g/mol. The van der Waals surface area contributed by atoms with Gasteiger partial charge in [0.25, 0.3) is 5.91 Å². The third-order valence-electron chi connectivity index (χ3n) is 4.16. The van der Waals surface area contributed by atoms with Gasteiger partial charge in [0.05, 0.1) is 5.56 Å². The third kappa shape index (κ3) is 3.76. The average Bonchev–Trinajstić information content (AvgIpc) is 2.61. The maximum atomic E-state index is 11.5. The molecule has 0 spiro atoms. The molecule has 24 heavy (non-hydrogen) atoms. The second-order valence-electron chi connectivity index (χ2n) is 5.82. The molecule has 1 fully saturated rings. The van der Waals surface area contributed by atoms with Crippen molar-refractivity contribution in [3.63, 3.8) is 0 Å². The fourth-order valence-electron chi connectivity index (χ4n) is 2.97. The Kier molecular flexibility index (Phi) is 5.15. The van der Waals surface area contributed by atoms with Crippen LogP contribution in [0.4, 0.5) is 11.5 Å². The molecule has 1 aliphatic rings. The van der Waals surface area contributed by atoms with E-state index in [-0.39, 0.29) is 10.7 Å². The number of nitrogens with two attached hydrogens (primary N) is 1. The van der Waals surface area contributed by atoms with E-state index < -0.39 is 5.91 Å². The summed E-state index contributed by atoms with van der Waals surface area (Å²) >= 11 is 5.79. The van der Waals surface area contributed by atoms with Gasteiger partial charge in [0.15, 0.2) is 11.0 Å². The van der Waals surface area contributed by atoms with E-state index in [0.29, 0.717) is 12.4 Å². The number of amides is 1. The van der Waals surface area contributed by atoms with Crippen molar-refractivity contribution < 1.29 is 4.79 Å². The van der Waals surface area contributed by atoms with Gasteiger partial charge in [-0.3, -0.25) is 4.79 Å². The zero-order valence-electron chi connectivity index (χ0n) is 13.3. The van der Waals surface area contributed by atoms with E-state index in [1.165, 1.54) is 31.0 Å². The largest absolute Gasteiger partial charge is 0.371 e. The lowest BCUT2D eigenvalue weighted by atomic mass is 10.1. The Hall–Kier alpha value is -2.34. The van der Waals surface area contributed by atoms with E-state index in [4.69, 9.17) is 17.3 Å². The number of carbonyl (C=O) groups is 1. The molecular weight excluding hydrogens is 326 g/mol. The number of aromatic nitrogens is 2. The van der Waals surface area contributed by atoms with Crippen LogP contribution in [0.3, 0.4) is 0 Å². The van der Waals surface area contributed by atoms with Gasteiger partial charge in [0.1, 0.15) is 0 Å². The van der Waals surface area contributed by atoms with Crippen LogP contribution in [0, 0.1) is 0 Å². The molecule has 7 heteroatoms. The van der Waals surface area contributed by atoms with Crippen molar-refractivity contribution >= 4 is 29.0 Å². The van der Waals surface area contributed by atoms with Gasteiger partial charge in [0.2, 0.25) is 0 Å². The minimum atomic E-state index is -0.585. The number of hydrogen-bond donors (Lipinski definition) is 2. The van der Waals surface area contributed by atoms with E-state index in [2.05, 4.69) is 32.5 Å². The molecule has 0 atom stereocenters.